The van der Waals surface area contributed by atoms with Crippen LogP contribution in [-0.4, -0.2) is 42.7 Å². The molecule has 1 fully saturated rings. The highest BCUT2D eigenvalue weighted by atomic mass is 32.2. The van der Waals surface area contributed by atoms with Gasteiger partial charge in [-0.2, -0.15) is 0 Å². The minimum absolute atomic E-state index is 0.0644. The van der Waals surface area contributed by atoms with Gasteiger partial charge in [0.2, 0.25) is 11.8 Å². The lowest BCUT2D eigenvalue weighted by atomic mass is 9.92. The number of carbonyl (C=O) groups excluding carboxylic acids is 2. The molecule has 9 heteroatoms. The molecule has 8 nitrogen and oxygen atoms in total. The number of hydrogen-bond donors (Lipinski definition) is 2. The number of nitrogens with one attached hydrogen (secondary N) is 2. The fourth-order valence-corrected chi connectivity index (χ4v) is 5.90. The van der Waals surface area contributed by atoms with Gasteiger partial charge in [-0.15, -0.1) is 0 Å². The lowest BCUT2D eigenvalue weighted by Crippen LogP contribution is -2.53. The van der Waals surface area contributed by atoms with Gasteiger partial charge in [0.25, 0.3) is 10.0 Å². The Morgan fingerprint density at radius 2 is 1.80 bits per heavy atom. The first-order chi connectivity index (χ1) is 16.8. The maximum atomic E-state index is 13.2. The standard InChI is InChI=1S/C26H31N3O5S/c1-19-11-13-21(14-12-19)35(32,33)29-16-15-27-26(31)23(29)17-25(30)28-22-9-5-6-10-24(22)34-18-20-7-3-2-4-8-20/h2-4,7-8,11-16,22-24H,5-6,9-10,17-18H2,1H3,(H,27,31)(H,28,30)/t22-,23+,24-/m0/s1. The van der Waals surface area contributed by atoms with Crippen LogP contribution in [-0.2, 0) is 31.0 Å². The summed E-state index contributed by atoms with van der Waals surface area (Å²) < 4.78 is 33.6. The summed E-state index contributed by atoms with van der Waals surface area (Å²) in [4.78, 5) is 25.7. The molecule has 186 valence electrons. The summed E-state index contributed by atoms with van der Waals surface area (Å²) in [5.41, 5.74) is 1.98. The van der Waals surface area contributed by atoms with Crippen molar-refractivity contribution < 1.29 is 22.7 Å². The molecule has 0 radical (unpaired) electrons. The van der Waals surface area contributed by atoms with Crippen molar-refractivity contribution in [2.24, 2.45) is 0 Å². The highest BCUT2D eigenvalue weighted by Crippen LogP contribution is 2.25. The SMILES string of the molecule is Cc1ccc(S(=O)(=O)N2C=CNC(=O)[C@H]2CC(=O)N[C@H]2CCCC[C@@H]2OCc2ccccc2)cc1. The van der Waals surface area contributed by atoms with Crippen molar-refractivity contribution in [3.05, 3.63) is 78.1 Å². The summed E-state index contributed by atoms with van der Waals surface area (Å²) in [6.07, 6.45) is 5.73. The molecule has 0 aromatic heterocycles. The van der Waals surface area contributed by atoms with Crippen LogP contribution in [0.4, 0.5) is 0 Å². The topological polar surface area (TPSA) is 105 Å². The first-order valence-corrected chi connectivity index (χ1v) is 13.3. The minimum atomic E-state index is -4.01. The van der Waals surface area contributed by atoms with E-state index in [1.54, 1.807) is 12.1 Å². The quantitative estimate of drug-likeness (QED) is 0.584. The zero-order chi connectivity index (χ0) is 24.8. The van der Waals surface area contributed by atoms with Crippen molar-refractivity contribution in [1.29, 1.82) is 0 Å². The first kappa shape index (κ1) is 24.9. The Hall–Kier alpha value is -3.17. The highest BCUT2D eigenvalue weighted by Gasteiger charge is 2.38. The van der Waals surface area contributed by atoms with Gasteiger partial charge >= 0.3 is 0 Å². The van der Waals surface area contributed by atoms with Crippen molar-refractivity contribution in [1.82, 2.24) is 14.9 Å². The Labute approximate surface area is 206 Å². The molecule has 1 aliphatic carbocycles. The van der Waals surface area contributed by atoms with E-state index in [0.717, 1.165) is 41.1 Å². The summed E-state index contributed by atoms with van der Waals surface area (Å²) in [7, 11) is -4.01. The molecule has 2 amide bonds. The van der Waals surface area contributed by atoms with Crippen molar-refractivity contribution in [2.75, 3.05) is 0 Å². The Morgan fingerprint density at radius 1 is 1.09 bits per heavy atom. The fraction of sp³-hybridized carbons (Fsp3) is 0.385. The molecular formula is C26H31N3O5S. The van der Waals surface area contributed by atoms with Crippen molar-refractivity contribution in [2.45, 2.75) is 68.7 Å². The van der Waals surface area contributed by atoms with Gasteiger partial charge in [-0.25, -0.2) is 8.42 Å². The van der Waals surface area contributed by atoms with Gasteiger partial charge in [0.05, 0.1) is 30.1 Å². The second-order valence-electron chi connectivity index (χ2n) is 8.99. The Balaban J connectivity index is 1.43. The normalized spacial score (nSPS) is 22.5. The van der Waals surface area contributed by atoms with Crippen molar-refractivity contribution in [3.8, 4) is 0 Å². The third-order valence-corrected chi connectivity index (χ3v) is 8.19. The molecule has 0 unspecified atom stereocenters. The number of hydrogen-bond acceptors (Lipinski definition) is 5. The number of aryl methyl sites for hydroxylation is 1. The van der Waals surface area contributed by atoms with Crippen LogP contribution < -0.4 is 10.6 Å². The van der Waals surface area contributed by atoms with Crippen molar-refractivity contribution >= 4 is 21.8 Å². The minimum Gasteiger partial charge on any atom is -0.371 e. The predicted octanol–water partition coefficient (Wildman–Crippen LogP) is 2.99. The zero-order valence-electron chi connectivity index (χ0n) is 19.7. The summed E-state index contributed by atoms with van der Waals surface area (Å²) in [6, 6.07) is 14.9. The molecule has 4 rings (SSSR count). The van der Waals surface area contributed by atoms with Crippen LogP contribution in [0.3, 0.4) is 0 Å². The van der Waals surface area contributed by atoms with Crippen LogP contribution in [0.5, 0.6) is 0 Å². The number of benzene rings is 2. The second-order valence-corrected chi connectivity index (χ2v) is 10.8. The lowest BCUT2D eigenvalue weighted by molar-refractivity contribution is -0.130. The number of amides is 2. The summed E-state index contributed by atoms with van der Waals surface area (Å²) in [5.74, 6) is -0.927. The van der Waals surface area contributed by atoms with E-state index in [2.05, 4.69) is 10.6 Å². The molecule has 0 spiro atoms. The second kappa shape index (κ2) is 11.0. The molecule has 0 bridgehead atoms. The Kier molecular flexibility index (Phi) is 7.87. The van der Waals surface area contributed by atoms with Crippen LogP contribution >= 0.6 is 0 Å². The van der Waals surface area contributed by atoms with Crippen LogP contribution in [0.2, 0.25) is 0 Å². The maximum absolute atomic E-state index is 13.2. The number of rotatable bonds is 8. The predicted molar refractivity (Wildman–Crippen MR) is 131 cm³/mol. The smallest absolute Gasteiger partial charge is 0.264 e. The summed E-state index contributed by atoms with van der Waals surface area (Å²) >= 11 is 0. The zero-order valence-corrected chi connectivity index (χ0v) is 20.5. The van der Waals surface area contributed by atoms with Crippen LogP contribution in [0.25, 0.3) is 0 Å². The lowest BCUT2D eigenvalue weighted by Gasteiger charge is -2.34. The number of ether oxygens (including phenoxy) is 1. The molecule has 1 aliphatic heterocycles. The molecule has 3 atom stereocenters. The average molecular weight is 498 g/mol. The van der Waals surface area contributed by atoms with Gasteiger partial charge in [-0.05, 0) is 37.5 Å². The molecule has 0 saturated heterocycles. The van der Waals surface area contributed by atoms with Gasteiger partial charge in [-0.1, -0.05) is 60.9 Å². The molecule has 1 heterocycles. The van der Waals surface area contributed by atoms with E-state index >= 15 is 0 Å². The monoisotopic (exact) mass is 497 g/mol. The van der Waals surface area contributed by atoms with Gasteiger partial charge in [-0.3, -0.25) is 13.9 Å². The fourth-order valence-electron chi connectivity index (χ4n) is 4.45. The highest BCUT2D eigenvalue weighted by molar-refractivity contribution is 7.89. The van der Waals surface area contributed by atoms with E-state index in [1.807, 2.05) is 37.3 Å². The van der Waals surface area contributed by atoms with E-state index < -0.39 is 22.0 Å². The van der Waals surface area contributed by atoms with Crippen LogP contribution in [0.1, 0.15) is 43.2 Å². The molecule has 35 heavy (non-hydrogen) atoms. The third-order valence-electron chi connectivity index (χ3n) is 6.39. The Morgan fingerprint density at radius 3 is 2.54 bits per heavy atom. The maximum Gasteiger partial charge on any atom is 0.264 e. The average Bonchev–Trinajstić information content (AvgIpc) is 2.85. The van der Waals surface area contributed by atoms with Crippen LogP contribution in [0, 0.1) is 6.92 Å². The van der Waals surface area contributed by atoms with E-state index in [0.29, 0.717) is 6.61 Å². The molecule has 2 aromatic rings. The molecule has 2 aliphatic rings. The third kappa shape index (κ3) is 6.10. The van der Waals surface area contributed by atoms with Gasteiger partial charge in [0, 0.05) is 12.4 Å². The van der Waals surface area contributed by atoms with Crippen molar-refractivity contribution in [3.63, 3.8) is 0 Å². The van der Waals surface area contributed by atoms with Gasteiger partial charge < -0.3 is 15.4 Å². The van der Waals surface area contributed by atoms with E-state index in [4.69, 9.17) is 4.74 Å². The van der Waals surface area contributed by atoms with E-state index in [9.17, 15) is 18.0 Å². The van der Waals surface area contributed by atoms with E-state index in [1.165, 1.54) is 24.5 Å². The largest absolute Gasteiger partial charge is 0.371 e. The first-order valence-electron chi connectivity index (χ1n) is 11.9. The molecule has 2 N–H and O–H groups in total. The summed E-state index contributed by atoms with van der Waals surface area (Å²) in [6.45, 7) is 2.32. The number of sulfonamides is 1. The molecule has 1 saturated carbocycles. The Bertz CT molecular complexity index is 1170. The number of nitrogens with zero attached hydrogens (tertiary/aromatic N) is 1. The van der Waals surface area contributed by atoms with Crippen LogP contribution in [0.15, 0.2) is 71.9 Å². The van der Waals surface area contributed by atoms with Gasteiger partial charge in [0.15, 0.2) is 0 Å². The number of carbonyl (C=O) groups is 2. The molecular weight excluding hydrogens is 466 g/mol. The van der Waals surface area contributed by atoms with E-state index in [-0.39, 0.29) is 29.4 Å². The molecule has 2 aromatic carbocycles. The summed E-state index contributed by atoms with van der Waals surface area (Å²) in [5, 5.41) is 5.52. The van der Waals surface area contributed by atoms with Gasteiger partial charge in [0.1, 0.15) is 6.04 Å².